The van der Waals surface area contributed by atoms with E-state index in [9.17, 15) is 5.11 Å². The topological polar surface area (TPSA) is 88.8 Å². The van der Waals surface area contributed by atoms with Crippen LogP contribution in [0, 0.1) is 5.92 Å². The van der Waals surface area contributed by atoms with Gasteiger partial charge in [-0.2, -0.15) is 20.1 Å². The Hall–Kier alpha value is -1.73. The van der Waals surface area contributed by atoms with E-state index in [4.69, 9.17) is 11.6 Å². The van der Waals surface area contributed by atoms with E-state index in [0.29, 0.717) is 11.9 Å². The Bertz CT molecular complexity index is 590. The third-order valence-corrected chi connectivity index (χ3v) is 3.93. The summed E-state index contributed by atoms with van der Waals surface area (Å²) >= 11 is 5.96. The number of aliphatic hydroxyl groups excluding tert-OH is 1. The first-order chi connectivity index (χ1) is 10.3. The number of nitrogens with one attached hydrogen (secondary N) is 1. The van der Waals surface area contributed by atoms with Crippen molar-refractivity contribution in [2.24, 2.45) is 5.92 Å². The molecule has 3 rings (SSSR count). The number of anilines is 1. The average molecular weight is 309 g/mol. The Morgan fingerprint density at radius 2 is 2.14 bits per heavy atom. The monoisotopic (exact) mass is 308 g/mol. The zero-order valence-corrected chi connectivity index (χ0v) is 12.2. The molecule has 0 amide bonds. The number of nitrogens with zero attached hydrogens (tertiary/aromatic N) is 5. The van der Waals surface area contributed by atoms with E-state index in [2.05, 4.69) is 25.4 Å². The number of aliphatic hydroxyl groups is 1. The van der Waals surface area contributed by atoms with Gasteiger partial charge in [0, 0.05) is 31.0 Å². The Labute approximate surface area is 127 Å². The highest BCUT2D eigenvalue weighted by atomic mass is 35.5. The molecule has 2 aromatic heterocycles. The second-order valence-electron chi connectivity index (χ2n) is 5.16. The van der Waals surface area contributed by atoms with Gasteiger partial charge in [0.05, 0.1) is 0 Å². The highest BCUT2D eigenvalue weighted by Gasteiger charge is 2.25. The van der Waals surface area contributed by atoms with Gasteiger partial charge in [-0.25, -0.2) is 4.68 Å². The maximum Gasteiger partial charge on any atom is 0.256 e. The fourth-order valence-corrected chi connectivity index (χ4v) is 2.83. The molecule has 7 nitrogen and oxygen atoms in total. The summed E-state index contributed by atoms with van der Waals surface area (Å²) in [6.07, 6.45) is 7.68. The van der Waals surface area contributed by atoms with Crippen LogP contribution in [0.1, 0.15) is 25.7 Å². The van der Waals surface area contributed by atoms with Gasteiger partial charge in [-0.15, -0.1) is 0 Å². The smallest absolute Gasteiger partial charge is 0.256 e. The number of aromatic nitrogens is 5. The third-order valence-electron chi connectivity index (χ3n) is 3.76. The summed E-state index contributed by atoms with van der Waals surface area (Å²) in [4.78, 5) is 12.5. The van der Waals surface area contributed by atoms with Gasteiger partial charge in [-0.3, -0.25) is 0 Å². The van der Waals surface area contributed by atoms with Gasteiger partial charge in [-0.1, -0.05) is 12.8 Å². The highest BCUT2D eigenvalue weighted by Crippen LogP contribution is 2.26. The van der Waals surface area contributed by atoms with Crippen molar-refractivity contribution < 1.29 is 5.11 Å². The van der Waals surface area contributed by atoms with E-state index in [-0.39, 0.29) is 23.9 Å². The summed E-state index contributed by atoms with van der Waals surface area (Å²) in [5, 5.41) is 16.9. The minimum atomic E-state index is 0.120. The lowest BCUT2D eigenvalue weighted by molar-refractivity contribution is 0.178. The van der Waals surface area contributed by atoms with Crippen LogP contribution in [0.2, 0.25) is 5.28 Å². The lowest BCUT2D eigenvalue weighted by atomic mass is 9.85. The highest BCUT2D eigenvalue weighted by molar-refractivity contribution is 6.28. The van der Waals surface area contributed by atoms with Crippen LogP contribution < -0.4 is 5.32 Å². The maximum atomic E-state index is 9.47. The van der Waals surface area contributed by atoms with Crippen molar-refractivity contribution >= 4 is 17.5 Å². The first-order valence-electron chi connectivity index (χ1n) is 7.05. The van der Waals surface area contributed by atoms with E-state index in [1.54, 1.807) is 18.5 Å². The van der Waals surface area contributed by atoms with Gasteiger partial charge >= 0.3 is 0 Å². The van der Waals surface area contributed by atoms with Crippen molar-refractivity contribution in [1.82, 2.24) is 24.7 Å². The van der Waals surface area contributed by atoms with Gasteiger partial charge in [0.1, 0.15) is 0 Å². The van der Waals surface area contributed by atoms with Crippen LogP contribution in [0.5, 0.6) is 0 Å². The zero-order valence-electron chi connectivity index (χ0n) is 11.5. The lowest BCUT2D eigenvalue weighted by Gasteiger charge is -2.30. The quantitative estimate of drug-likeness (QED) is 0.893. The molecule has 1 saturated carbocycles. The average Bonchev–Trinajstić information content (AvgIpc) is 3.01. The van der Waals surface area contributed by atoms with E-state index in [1.165, 1.54) is 4.68 Å². The number of hydrogen-bond donors (Lipinski definition) is 2. The van der Waals surface area contributed by atoms with Crippen molar-refractivity contribution in [3.05, 3.63) is 23.7 Å². The molecule has 2 atom stereocenters. The van der Waals surface area contributed by atoms with Crippen molar-refractivity contribution in [3.8, 4) is 5.95 Å². The van der Waals surface area contributed by atoms with Gasteiger partial charge < -0.3 is 10.4 Å². The van der Waals surface area contributed by atoms with Crippen LogP contribution in [-0.4, -0.2) is 42.5 Å². The minimum Gasteiger partial charge on any atom is -0.396 e. The molecule has 0 aliphatic heterocycles. The Morgan fingerprint density at radius 3 is 2.90 bits per heavy atom. The molecular formula is C13H17ClN6O. The molecule has 0 radical (unpaired) electrons. The van der Waals surface area contributed by atoms with Crippen LogP contribution >= 0.6 is 11.6 Å². The second-order valence-corrected chi connectivity index (χ2v) is 5.49. The van der Waals surface area contributed by atoms with Gasteiger partial charge in [0.2, 0.25) is 11.2 Å². The molecule has 0 bridgehead atoms. The molecule has 1 aliphatic rings. The summed E-state index contributed by atoms with van der Waals surface area (Å²) in [6.45, 7) is 0.169. The SMILES string of the molecule is OCC1CCCCC1Nc1nc(Cl)nc(-n2cccn2)n1. The Morgan fingerprint density at radius 1 is 1.29 bits per heavy atom. The molecule has 1 aliphatic carbocycles. The summed E-state index contributed by atoms with van der Waals surface area (Å²) < 4.78 is 1.53. The van der Waals surface area contributed by atoms with Gasteiger partial charge in [-0.05, 0) is 30.5 Å². The molecule has 1 fully saturated rings. The van der Waals surface area contributed by atoms with Crippen LogP contribution in [0.4, 0.5) is 5.95 Å². The zero-order chi connectivity index (χ0) is 14.7. The molecule has 2 aromatic rings. The summed E-state index contributed by atoms with van der Waals surface area (Å²) in [6, 6.07) is 1.95. The number of halogens is 1. The van der Waals surface area contributed by atoms with Crippen molar-refractivity contribution in [2.75, 3.05) is 11.9 Å². The van der Waals surface area contributed by atoms with E-state index < -0.39 is 0 Å². The fourth-order valence-electron chi connectivity index (χ4n) is 2.68. The molecule has 2 heterocycles. The normalized spacial score (nSPS) is 22.2. The molecule has 0 saturated heterocycles. The Balaban J connectivity index is 1.82. The predicted octanol–water partition coefficient (Wildman–Crippen LogP) is 1.67. The first kappa shape index (κ1) is 14.2. The first-order valence-corrected chi connectivity index (χ1v) is 7.43. The molecule has 21 heavy (non-hydrogen) atoms. The standard InChI is InChI=1S/C13H17ClN6O/c14-11-17-12(16-10-5-2-1-4-9(10)8-21)19-13(18-11)20-7-3-6-15-20/h3,6-7,9-10,21H,1-2,4-5,8H2,(H,16,17,18,19). The third kappa shape index (κ3) is 3.30. The van der Waals surface area contributed by atoms with E-state index in [1.807, 2.05) is 0 Å². The molecule has 0 spiro atoms. The maximum absolute atomic E-state index is 9.47. The molecule has 8 heteroatoms. The molecule has 112 valence electrons. The summed E-state index contributed by atoms with van der Waals surface area (Å²) in [5.41, 5.74) is 0. The van der Waals surface area contributed by atoms with Crippen molar-refractivity contribution in [2.45, 2.75) is 31.7 Å². The van der Waals surface area contributed by atoms with Gasteiger partial charge in [0.25, 0.3) is 5.95 Å². The Kier molecular flexibility index (Phi) is 4.31. The van der Waals surface area contributed by atoms with E-state index in [0.717, 1.165) is 25.7 Å². The number of rotatable bonds is 4. The summed E-state index contributed by atoms with van der Waals surface area (Å²) in [5.74, 6) is 1.02. The van der Waals surface area contributed by atoms with Crippen LogP contribution in [-0.2, 0) is 0 Å². The van der Waals surface area contributed by atoms with Crippen LogP contribution in [0.25, 0.3) is 5.95 Å². The van der Waals surface area contributed by atoms with Crippen LogP contribution in [0.3, 0.4) is 0 Å². The molecular weight excluding hydrogens is 292 g/mol. The molecule has 0 aromatic carbocycles. The second kappa shape index (κ2) is 6.36. The van der Waals surface area contributed by atoms with Gasteiger partial charge in [0.15, 0.2) is 0 Å². The van der Waals surface area contributed by atoms with Crippen molar-refractivity contribution in [3.63, 3.8) is 0 Å². The fraction of sp³-hybridized carbons (Fsp3) is 0.538. The van der Waals surface area contributed by atoms with Crippen LogP contribution in [0.15, 0.2) is 18.5 Å². The number of hydrogen-bond acceptors (Lipinski definition) is 6. The lowest BCUT2D eigenvalue weighted by Crippen LogP contribution is -2.35. The predicted molar refractivity (Wildman–Crippen MR) is 78.4 cm³/mol. The molecule has 2 unspecified atom stereocenters. The minimum absolute atomic E-state index is 0.120. The van der Waals surface area contributed by atoms with Crippen molar-refractivity contribution in [1.29, 1.82) is 0 Å². The largest absolute Gasteiger partial charge is 0.396 e. The summed E-state index contributed by atoms with van der Waals surface area (Å²) in [7, 11) is 0. The molecule has 2 N–H and O–H groups in total. The van der Waals surface area contributed by atoms with E-state index >= 15 is 0 Å².